The second-order valence-electron chi connectivity index (χ2n) is 3.90. The van der Waals surface area contributed by atoms with Crippen LogP contribution in [-0.2, 0) is 6.54 Å². The van der Waals surface area contributed by atoms with Crippen molar-refractivity contribution in [3.05, 3.63) is 57.0 Å². The van der Waals surface area contributed by atoms with E-state index >= 15 is 0 Å². The van der Waals surface area contributed by atoms with Gasteiger partial charge in [0.15, 0.2) is 0 Å². The SMILES string of the molecule is COc1ccc(NCc2c(Cl)ccc(Cl)c2Cl)cc1. The van der Waals surface area contributed by atoms with Gasteiger partial charge in [-0.25, -0.2) is 0 Å². The van der Waals surface area contributed by atoms with Gasteiger partial charge in [-0.1, -0.05) is 34.8 Å². The molecule has 0 radical (unpaired) electrons. The first-order chi connectivity index (χ1) is 9.11. The van der Waals surface area contributed by atoms with Gasteiger partial charge in [-0.2, -0.15) is 0 Å². The van der Waals surface area contributed by atoms with Crippen molar-refractivity contribution in [1.82, 2.24) is 0 Å². The Hall–Kier alpha value is -1.09. The van der Waals surface area contributed by atoms with Gasteiger partial charge in [0, 0.05) is 22.8 Å². The average Bonchev–Trinajstić information content (AvgIpc) is 2.44. The van der Waals surface area contributed by atoms with Crippen molar-refractivity contribution in [3.8, 4) is 5.75 Å². The predicted octanol–water partition coefficient (Wildman–Crippen LogP) is 5.27. The molecule has 0 aliphatic carbocycles. The third-order valence-electron chi connectivity index (χ3n) is 2.70. The zero-order valence-electron chi connectivity index (χ0n) is 10.2. The van der Waals surface area contributed by atoms with Gasteiger partial charge < -0.3 is 10.1 Å². The second kappa shape index (κ2) is 6.38. The van der Waals surface area contributed by atoms with E-state index < -0.39 is 0 Å². The van der Waals surface area contributed by atoms with Gasteiger partial charge in [-0.15, -0.1) is 0 Å². The first kappa shape index (κ1) is 14.3. The minimum absolute atomic E-state index is 0.482. The van der Waals surface area contributed by atoms with Gasteiger partial charge in [0.05, 0.1) is 17.2 Å². The fourth-order valence-corrected chi connectivity index (χ4v) is 2.31. The first-order valence-corrected chi connectivity index (χ1v) is 6.75. The molecule has 0 aliphatic rings. The van der Waals surface area contributed by atoms with Crippen molar-refractivity contribution >= 4 is 40.5 Å². The normalized spacial score (nSPS) is 10.3. The topological polar surface area (TPSA) is 21.3 Å². The van der Waals surface area contributed by atoms with Crippen LogP contribution in [0, 0.1) is 0 Å². The largest absolute Gasteiger partial charge is 0.497 e. The Balaban J connectivity index is 2.12. The molecule has 2 nitrogen and oxygen atoms in total. The molecule has 0 spiro atoms. The van der Waals surface area contributed by atoms with Crippen LogP contribution in [0.4, 0.5) is 5.69 Å². The summed E-state index contributed by atoms with van der Waals surface area (Å²) in [6.45, 7) is 0.505. The average molecular weight is 317 g/mol. The first-order valence-electron chi connectivity index (χ1n) is 5.62. The molecule has 5 heteroatoms. The van der Waals surface area contributed by atoms with Gasteiger partial charge in [0.2, 0.25) is 0 Å². The third-order valence-corrected chi connectivity index (χ3v) is 3.90. The number of anilines is 1. The lowest BCUT2D eigenvalue weighted by molar-refractivity contribution is 0.415. The summed E-state index contributed by atoms with van der Waals surface area (Å²) in [6, 6.07) is 11.0. The van der Waals surface area contributed by atoms with Crippen LogP contribution in [0.15, 0.2) is 36.4 Å². The maximum absolute atomic E-state index is 6.14. The van der Waals surface area contributed by atoms with Crippen LogP contribution >= 0.6 is 34.8 Å². The van der Waals surface area contributed by atoms with E-state index in [0.717, 1.165) is 17.0 Å². The van der Waals surface area contributed by atoms with Crippen LogP contribution in [0.2, 0.25) is 15.1 Å². The van der Waals surface area contributed by atoms with Crippen molar-refractivity contribution in [3.63, 3.8) is 0 Å². The number of nitrogens with one attached hydrogen (secondary N) is 1. The van der Waals surface area contributed by atoms with E-state index in [4.69, 9.17) is 39.5 Å². The lowest BCUT2D eigenvalue weighted by atomic mass is 10.2. The number of halogens is 3. The Kier molecular flexibility index (Phi) is 4.81. The molecule has 0 saturated carbocycles. The summed E-state index contributed by atoms with van der Waals surface area (Å²) in [5, 5.41) is 4.81. The maximum atomic E-state index is 6.14. The highest BCUT2D eigenvalue weighted by molar-refractivity contribution is 6.44. The summed E-state index contributed by atoms with van der Waals surface area (Å²) in [5.74, 6) is 0.810. The molecule has 0 heterocycles. The maximum Gasteiger partial charge on any atom is 0.119 e. The predicted molar refractivity (Wildman–Crippen MR) is 81.8 cm³/mol. The lowest BCUT2D eigenvalue weighted by Gasteiger charge is -2.11. The van der Waals surface area contributed by atoms with E-state index in [0.29, 0.717) is 21.6 Å². The van der Waals surface area contributed by atoms with Crippen LogP contribution in [0.1, 0.15) is 5.56 Å². The summed E-state index contributed by atoms with van der Waals surface area (Å²) < 4.78 is 5.10. The van der Waals surface area contributed by atoms with Gasteiger partial charge in [-0.05, 0) is 36.4 Å². The van der Waals surface area contributed by atoms with Crippen molar-refractivity contribution in [2.24, 2.45) is 0 Å². The summed E-state index contributed by atoms with van der Waals surface area (Å²) in [6.07, 6.45) is 0. The molecular weight excluding hydrogens is 305 g/mol. The highest BCUT2D eigenvalue weighted by atomic mass is 35.5. The number of methoxy groups -OCH3 is 1. The third kappa shape index (κ3) is 3.47. The molecular formula is C14H12Cl3NO. The molecule has 2 rings (SSSR count). The summed E-state index contributed by atoms with van der Waals surface area (Å²) in [4.78, 5) is 0. The van der Waals surface area contributed by atoms with Crippen molar-refractivity contribution in [2.45, 2.75) is 6.54 Å². The van der Waals surface area contributed by atoms with Crippen LogP contribution in [-0.4, -0.2) is 7.11 Å². The van der Waals surface area contributed by atoms with Crippen LogP contribution in [0.25, 0.3) is 0 Å². The molecule has 2 aromatic carbocycles. The summed E-state index contributed by atoms with van der Waals surface area (Å²) in [7, 11) is 1.63. The van der Waals surface area contributed by atoms with Gasteiger partial charge in [0.25, 0.3) is 0 Å². The van der Waals surface area contributed by atoms with Crippen molar-refractivity contribution in [2.75, 3.05) is 12.4 Å². The number of rotatable bonds is 4. The van der Waals surface area contributed by atoms with Gasteiger partial charge >= 0.3 is 0 Å². The molecule has 0 atom stereocenters. The molecule has 0 amide bonds. The molecule has 0 bridgehead atoms. The highest BCUT2D eigenvalue weighted by Gasteiger charge is 2.09. The minimum Gasteiger partial charge on any atom is -0.497 e. The lowest BCUT2D eigenvalue weighted by Crippen LogP contribution is -2.01. The van der Waals surface area contributed by atoms with Crippen LogP contribution in [0.5, 0.6) is 5.75 Å². The van der Waals surface area contributed by atoms with Crippen molar-refractivity contribution in [1.29, 1.82) is 0 Å². The number of ether oxygens (including phenoxy) is 1. The smallest absolute Gasteiger partial charge is 0.119 e. The Morgan fingerprint density at radius 3 is 2.21 bits per heavy atom. The minimum atomic E-state index is 0.482. The molecule has 0 saturated heterocycles. The monoisotopic (exact) mass is 315 g/mol. The van der Waals surface area contributed by atoms with Gasteiger partial charge in [0.1, 0.15) is 5.75 Å². The Morgan fingerprint density at radius 2 is 1.58 bits per heavy atom. The quantitative estimate of drug-likeness (QED) is 0.776. The fourth-order valence-electron chi connectivity index (χ4n) is 1.63. The molecule has 1 N–H and O–H groups in total. The van der Waals surface area contributed by atoms with Crippen molar-refractivity contribution < 1.29 is 4.74 Å². The standard InChI is InChI=1S/C14H12Cl3NO/c1-19-10-4-2-9(3-5-10)18-8-11-12(15)6-7-13(16)14(11)17/h2-7,18H,8H2,1H3. The van der Waals surface area contributed by atoms with Gasteiger partial charge in [-0.3, -0.25) is 0 Å². The number of benzene rings is 2. The van der Waals surface area contributed by atoms with E-state index in [1.165, 1.54) is 0 Å². The molecule has 0 unspecified atom stereocenters. The summed E-state index contributed by atoms with van der Waals surface area (Å²) in [5.41, 5.74) is 1.74. The number of hydrogen-bond acceptors (Lipinski definition) is 2. The summed E-state index contributed by atoms with van der Waals surface area (Å²) >= 11 is 18.2. The van der Waals surface area contributed by atoms with E-state index in [9.17, 15) is 0 Å². The van der Waals surface area contributed by atoms with Crippen LogP contribution < -0.4 is 10.1 Å². The van der Waals surface area contributed by atoms with E-state index in [1.807, 2.05) is 24.3 Å². The molecule has 2 aromatic rings. The fraction of sp³-hybridized carbons (Fsp3) is 0.143. The number of hydrogen-bond donors (Lipinski definition) is 1. The Bertz CT molecular complexity index is 570. The molecule has 0 aliphatic heterocycles. The molecule has 0 aromatic heterocycles. The molecule has 0 fully saturated rings. The van der Waals surface area contributed by atoms with Crippen LogP contribution in [0.3, 0.4) is 0 Å². The Labute approximate surface area is 127 Å². The molecule has 100 valence electrons. The Morgan fingerprint density at radius 1 is 0.947 bits per heavy atom. The zero-order valence-corrected chi connectivity index (χ0v) is 12.5. The zero-order chi connectivity index (χ0) is 13.8. The van der Waals surface area contributed by atoms with E-state index in [1.54, 1.807) is 19.2 Å². The van der Waals surface area contributed by atoms with E-state index in [-0.39, 0.29) is 0 Å². The highest BCUT2D eigenvalue weighted by Crippen LogP contribution is 2.32. The second-order valence-corrected chi connectivity index (χ2v) is 5.10. The van der Waals surface area contributed by atoms with E-state index in [2.05, 4.69) is 5.32 Å². The molecule has 19 heavy (non-hydrogen) atoms.